The standard InChI is InChI=1S/C12H15F3N2O2S2/c1-8-7-9(3-4-10(8)11(16)20)21(18,19)17-6-2-5-12(13,14)15/h3-4,7,17H,2,5-6H2,1H3,(H2,16,20). The van der Waals surface area contributed by atoms with E-state index in [4.69, 9.17) is 18.0 Å². The molecule has 21 heavy (non-hydrogen) atoms. The van der Waals surface area contributed by atoms with E-state index in [2.05, 4.69) is 4.72 Å². The number of alkyl halides is 3. The highest BCUT2D eigenvalue weighted by Crippen LogP contribution is 2.21. The maximum absolute atomic E-state index is 12.0. The third-order valence-corrected chi connectivity index (χ3v) is 4.38. The quantitative estimate of drug-likeness (QED) is 0.615. The van der Waals surface area contributed by atoms with E-state index in [9.17, 15) is 21.6 Å². The molecule has 0 atom stereocenters. The number of hydrogen-bond acceptors (Lipinski definition) is 3. The second kappa shape index (κ2) is 6.71. The highest BCUT2D eigenvalue weighted by atomic mass is 32.2. The van der Waals surface area contributed by atoms with Crippen LogP contribution in [0.3, 0.4) is 0 Å². The first-order valence-corrected chi connectivity index (χ1v) is 7.89. The second-order valence-electron chi connectivity index (χ2n) is 4.46. The smallest absolute Gasteiger partial charge is 0.389 e. The molecule has 0 saturated carbocycles. The molecule has 0 bridgehead atoms. The Morgan fingerprint density at radius 3 is 2.48 bits per heavy atom. The molecule has 118 valence electrons. The van der Waals surface area contributed by atoms with Gasteiger partial charge in [0.2, 0.25) is 10.0 Å². The second-order valence-corrected chi connectivity index (χ2v) is 6.66. The van der Waals surface area contributed by atoms with Crippen molar-refractivity contribution in [3.8, 4) is 0 Å². The number of rotatable bonds is 6. The minimum atomic E-state index is -4.29. The summed E-state index contributed by atoms with van der Waals surface area (Å²) in [4.78, 5) is 0.113. The maximum atomic E-state index is 12.0. The zero-order valence-corrected chi connectivity index (χ0v) is 12.8. The molecule has 1 rings (SSSR count). The van der Waals surface area contributed by atoms with E-state index < -0.39 is 22.6 Å². The highest BCUT2D eigenvalue weighted by Gasteiger charge is 2.26. The monoisotopic (exact) mass is 340 g/mol. The topological polar surface area (TPSA) is 72.2 Å². The van der Waals surface area contributed by atoms with Crippen LogP contribution in [0.1, 0.15) is 24.0 Å². The fourth-order valence-electron chi connectivity index (χ4n) is 1.66. The third kappa shape index (κ3) is 5.60. The molecule has 0 fully saturated rings. The molecule has 0 aromatic heterocycles. The SMILES string of the molecule is Cc1cc(S(=O)(=O)NCCCC(F)(F)F)ccc1C(N)=S. The minimum Gasteiger partial charge on any atom is -0.389 e. The zero-order valence-electron chi connectivity index (χ0n) is 11.2. The molecule has 1 aromatic carbocycles. The van der Waals surface area contributed by atoms with Crippen molar-refractivity contribution in [1.29, 1.82) is 0 Å². The minimum absolute atomic E-state index is 0.0352. The van der Waals surface area contributed by atoms with Gasteiger partial charge < -0.3 is 5.73 Å². The van der Waals surface area contributed by atoms with Crippen LogP contribution in [-0.2, 0) is 10.0 Å². The Bertz CT molecular complexity index is 628. The average Bonchev–Trinajstić information content (AvgIpc) is 2.33. The Labute approximate surface area is 126 Å². The third-order valence-electron chi connectivity index (χ3n) is 2.70. The van der Waals surface area contributed by atoms with Crippen LogP contribution in [0.15, 0.2) is 23.1 Å². The summed E-state index contributed by atoms with van der Waals surface area (Å²) in [6.45, 7) is 1.37. The fraction of sp³-hybridized carbons (Fsp3) is 0.417. The van der Waals surface area contributed by atoms with Gasteiger partial charge in [-0.2, -0.15) is 13.2 Å². The van der Waals surface area contributed by atoms with E-state index in [0.717, 1.165) is 0 Å². The average molecular weight is 340 g/mol. The lowest BCUT2D eigenvalue weighted by atomic mass is 10.1. The largest absolute Gasteiger partial charge is 0.389 e. The van der Waals surface area contributed by atoms with Gasteiger partial charge in [0.25, 0.3) is 0 Å². The van der Waals surface area contributed by atoms with Crippen LogP contribution < -0.4 is 10.5 Å². The van der Waals surface area contributed by atoms with Gasteiger partial charge in [-0.05, 0) is 31.0 Å². The highest BCUT2D eigenvalue weighted by molar-refractivity contribution is 7.89. The van der Waals surface area contributed by atoms with Gasteiger partial charge in [0.15, 0.2) is 0 Å². The molecule has 0 radical (unpaired) electrons. The summed E-state index contributed by atoms with van der Waals surface area (Å²) in [7, 11) is -3.84. The van der Waals surface area contributed by atoms with Crippen molar-refractivity contribution in [2.24, 2.45) is 5.73 Å². The summed E-state index contributed by atoms with van der Waals surface area (Å²) in [6.07, 6.45) is -5.64. The van der Waals surface area contributed by atoms with Gasteiger partial charge in [0.05, 0.1) is 4.90 Å². The lowest BCUT2D eigenvalue weighted by Crippen LogP contribution is -2.26. The van der Waals surface area contributed by atoms with Crippen LogP contribution >= 0.6 is 12.2 Å². The Kier molecular flexibility index (Phi) is 5.71. The predicted octanol–water partition coefficient (Wildman–Crippen LogP) is 2.25. The van der Waals surface area contributed by atoms with E-state index in [1.807, 2.05) is 0 Å². The number of nitrogens with two attached hydrogens (primary N) is 1. The van der Waals surface area contributed by atoms with E-state index in [0.29, 0.717) is 11.1 Å². The molecule has 0 unspecified atom stereocenters. The van der Waals surface area contributed by atoms with Crippen molar-refractivity contribution < 1.29 is 21.6 Å². The van der Waals surface area contributed by atoms with Crippen molar-refractivity contribution in [3.05, 3.63) is 29.3 Å². The van der Waals surface area contributed by atoms with Gasteiger partial charge in [-0.3, -0.25) is 0 Å². The normalized spacial score (nSPS) is 12.4. The molecule has 1 aromatic rings. The number of hydrogen-bond donors (Lipinski definition) is 2. The number of thiocarbonyl (C=S) groups is 1. The molecule has 0 aliphatic heterocycles. The zero-order chi connectivity index (χ0) is 16.3. The number of sulfonamides is 1. The van der Waals surface area contributed by atoms with Crippen molar-refractivity contribution in [2.75, 3.05) is 6.54 Å². The van der Waals surface area contributed by atoms with Crippen LogP contribution in [-0.4, -0.2) is 26.1 Å². The van der Waals surface area contributed by atoms with E-state index >= 15 is 0 Å². The number of benzene rings is 1. The van der Waals surface area contributed by atoms with Gasteiger partial charge in [0.1, 0.15) is 4.99 Å². The summed E-state index contributed by atoms with van der Waals surface area (Å²) in [5, 5.41) is 0. The summed E-state index contributed by atoms with van der Waals surface area (Å²) < 4.78 is 61.9. The molecule has 3 N–H and O–H groups in total. The molecular formula is C12H15F3N2O2S2. The molecule has 0 aliphatic carbocycles. The van der Waals surface area contributed by atoms with Gasteiger partial charge >= 0.3 is 6.18 Å². The van der Waals surface area contributed by atoms with Crippen molar-refractivity contribution in [2.45, 2.75) is 30.8 Å². The molecule has 4 nitrogen and oxygen atoms in total. The molecule has 0 spiro atoms. The Morgan fingerprint density at radius 2 is 2.00 bits per heavy atom. The lowest BCUT2D eigenvalue weighted by Gasteiger charge is -2.10. The molecule has 0 saturated heterocycles. The summed E-state index contributed by atoms with van der Waals surface area (Å²) >= 11 is 4.81. The number of aryl methyl sites for hydroxylation is 1. The van der Waals surface area contributed by atoms with Gasteiger partial charge in [-0.1, -0.05) is 18.3 Å². The summed E-state index contributed by atoms with van der Waals surface area (Å²) in [5.41, 5.74) is 6.61. The van der Waals surface area contributed by atoms with Gasteiger partial charge in [-0.25, -0.2) is 13.1 Å². The van der Waals surface area contributed by atoms with E-state index in [1.54, 1.807) is 6.92 Å². The molecule has 9 heteroatoms. The van der Waals surface area contributed by atoms with Crippen LogP contribution in [0.5, 0.6) is 0 Å². The van der Waals surface area contributed by atoms with Crippen LogP contribution in [0.25, 0.3) is 0 Å². The van der Waals surface area contributed by atoms with Crippen molar-refractivity contribution in [1.82, 2.24) is 4.72 Å². The van der Waals surface area contributed by atoms with Gasteiger partial charge in [-0.15, -0.1) is 0 Å². The van der Waals surface area contributed by atoms with E-state index in [-0.39, 0.29) is 22.8 Å². The first kappa shape index (κ1) is 17.9. The number of halogens is 3. The van der Waals surface area contributed by atoms with Crippen LogP contribution in [0.2, 0.25) is 0 Å². The first-order valence-electron chi connectivity index (χ1n) is 6.00. The Balaban J connectivity index is 2.75. The fourth-order valence-corrected chi connectivity index (χ4v) is 3.05. The molecular weight excluding hydrogens is 325 g/mol. The van der Waals surface area contributed by atoms with Crippen LogP contribution in [0, 0.1) is 6.92 Å². The molecule has 0 aliphatic rings. The molecule has 0 heterocycles. The Morgan fingerprint density at radius 1 is 1.38 bits per heavy atom. The Hall–Kier alpha value is -1.19. The van der Waals surface area contributed by atoms with Crippen LogP contribution in [0.4, 0.5) is 13.2 Å². The predicted molar refractivity (Wildman–Crippen MR) is 77.5 cm³/mol. The van der Waals surface area contributed by atoms with Crippen molar-refractivity contribution >= 4 is 27.2 Å². The summed E-state index contributed by atoms with van der Waals surface area (Å²) in [5.74, 6) is 0. The molecule has 0 amide bonds. The first-order chi connectivity index (χ1) is 9.53. The number of nitrogens with one attached hydrogen (secondary N) is 1. The van der Waals surface area contributed by atoms with Crippen molar-refractivity contribution in [3.63, 3.8) is 0 Å². The van der Waals surface area contributed by atoms with E-state index in [1.165, 1.54) is 18.2 Å². The summed E-state index contributed by atoms with van der Waals surface area (Å²) in [6, 6.07) is 4.16. The maximum Gasteiger partial charge on any atom is 0.389 e. The van der Waals surface area contributed by atoms with Gasteiger partial charge in [0, 0.05) is 18.5 Å². The lowest BCUT2D eigenvalue weighted by molar-refractivity contribution is -0.135.